The molecule has 1 heterocycles. The highest BCUT2D eigenvalue weighted by atomic mass is 32.2. The van der Waals surface area contributed by atoms with E-state index in [1.54, 1.807) is 18.2 Å². The molecule has 1 fully saturated rings. The van der Waals surface area contributed by atoms with E-state index < -0.39 is 6.61 Å². The topological polar surface area (TPSA) is 12.5 Å². The summed E-state index contributed by atoms with van der Waals surface area (Å²) in [6, 6.07) is 7.48. The third-order valence-corrected chi connectivity index (χ3v) is 4.86. The second-order valence-electron chi connectivity index (χ2n) is 4.81. The SMILES string of the molecule is CC1SCCN(Cc2cccc(OC(F)F)c2)C1C. The standard InChI is InChI=1S/C14H19F2NOS/c1-10-11(2)19-7-6-17(10)9-12-4-3-5-13(8-12)18-14(15)16/h3-5,8,10-11,14H,6-7,9H2,1-2H3. The molecule has 0 saturated carbocycles. The molecule has 1 aliphatic rings. The molecule has 0 bridgehead atoms. The molecule has 5 heteroatoms. The van der Waals surface area contributed by atoms with E-state index in [1.807, 2.05) is 17.8 Å². The Kier molecular flexibility index (Phi) is 5.05. The van der Waals surface area contributed by atoms with Crippen LogP contribution in [0.4, 0.5) is 8.78 Å². The third kappa shape index (κ3) is 4.08. The van der Waals surface area contributed by atoms with Gasteiger partial charge in [-0.15, -0.1) is 0 Å². The number of benzene rings is 1. The van der Waals surface area contributed by atoms with Gasteiger partial charge in [0.2, 0.25) is 0 Å². The van der Waals surface area contributed by atoms with Gasteiger partial charge in [0, 0.05) is 30.1 Å². The van der Waals surface area contributed by atoms with Gasteiger partial charge in [-0.05, 0) is 24.6 Å². The van der Waals surface area contributed by atoms with E-state index in [1.165, 1.54) is 0 Å². The Labute approximate surface area is 117 Å². The molecular weight excluding hydrogens is 268 g/mol. The van der Waals surface area contributed by atoms with Crippen molar-refractivity contribution in [1.82, 2.24) is 4.90 Å². The van der Waals surface area contributed by atoms with Gasteiger partial charge >= 0.3 is 6.61 Å². The van der Waals surface area contributed by atoms with Crippen molar-refractivity contribution < 1.29 is 13.5 Å². The number of rotatable bonds is 4. The summed E-state index contributed by atoms with van der Waals surface area (Å²) in [6.07, 6.45) is 0. The predicted octanol–water partition coefficient (Wildman–Crippen LogP) is 3.61. The number of hydrogen-bond acceptors (Lipinski definition) is 3. The van der Waals surface area contributed by atoms with Crippen LogP contribution in [0.5, 0.6) is 5.75 Å². The molecule has 2 unspecified atom stereocenters. The van der Waals surface area contributed by atoms with Gasteiger partial charge in [-0.25, -0.2) is 0 Å². The van der Waals surface area contributed by atoms with Crippen LogP contribution in [0, 0.1) is 0 Å². The van der Waals surface area contributed by atoms with Crippen LogP contribution < -0.4 is 4.74 Å². The van der Waals surface area contributed by atoms with Gasteiger partial charge in [0.05, 0.1) is 0 Å². The van der Waals surface area contributed by atoms with Crippen LogP contribution in [-0.4, -0.2) is 35.1 Å². The van der Waals surface area contributed by atoms with Crippen molar-refractivity contribution in [1.29, 1.82) is 0 Å². The molecular formula is C14H19F2NOS. The maximum Gasteiger partial charge on any atom is 0.387 e. The van der Waals surface area contributed by atoms with Gasteiger partial charge in [0.1, 0.15) is 5.75 Å². The summed E-state index contributed by atoms with van der Waals surface area (Å²) in [6.45, 7) is 3.51. The minimum Gasteiger partial charge on any atom is -0.435 e. The van der Waals surface area contributed by atoms with Crippen LogP contribution in [0.1, 0.15) is 19.4 Å². The first kappa shape index (κ1) is 14.6. The Morgan fingerprint density at radius 2 is 2.21 bits per heavy atom. The summed E-state index contributed by atoms with van der Waals surface area (Å²) in [4.78, 5) is 2.39. The van der Waals surface area contributed by atoms with Crippen molar-refractivity contribution in [2.75, 3.05) is 12.3 Å². The molecule has 0 N–H and O–H groups in total. The smallest absolute Gasteiger partial charge is 0.387 e. The lowest BCUT2D eigenvalue weighted by Gasteiger charge is -2.37. The average molecular weight is 287 g/mol. The summed E-state index contributed by atoms with van der Waals surface area (Å²) in [5.74, 6) is 1.36. The molecule has 1 aromatic carbocycles. The van der Waals surface area contributed by atoms with Gasteiger partial charge in [0.15, 0.2) is 0 Å². The van der Waals surface area contributed by atoms with Crippen molar-refractivity contribution in [3.63, 3.8) is 0 Å². The average Bonchev–Trinajstić information content (AvgIpc) is 2.35. The molecule has 0 aromatic heterocycles. The molecule has 2 rings (SSSR count). The van der Waals surface area contributed by atoms with Crippen molar-refractivity contribution in [3.8, 4) is 5.75 Å². The molecule has 2 atom stereocenters. The van der Waals surface area contributed by atoms with Gasteiger partial charge in [0.25, 0.3) is 0 Å². The molecule has 1 aliphatic heterocycles. The quantitative estimate of drug-likeness (QED) is 0.839. The number of nitrogens with zero attached hydrogens (tertiary/aromatic N) is 1. The van der Waals surface area contributed by atoms with Crippen molar-refractivity contribution in [2.45, 2.75) is 38.3 Å². The highest BCUT2D eigenvalue weighted by Gasteiger charge is 2.25. The zero-order valence-corrected chi connectivity index (χ0v) is 12.0. The van der Waals surface area contributed by atoms with Crippen LogP contribution in [0.15, 0.2) is 24.3 Å². The molecule has 19 heavy (non-hydrogen) atoms. The second-order valence-corrected chi connectivity index (χ2v) is 6.30. The number of alkyl halides is 2. The number of halogens is 2. The normalized spacial score (nSPS) is 24.7. The van der Waals surface area contributed by atoms with E-state index in [0.717, 1.165) is 24.4 Å². The minimum absolute atomic E-state index is 0.236. The first-order valence-electron chi connectivity index (χ1n) is 6.45. The fraction of sp³-hybridized carbons (Fsp3) is 0.571. The van der Waals surface area contributed by atoms with Gasteiger partial charge in [-0.2, -0.15) is 20.5 Å². The lowest BCUT2D eigenvalue weighted by molar-refractivity contribution is -0.0499. The molecule has 0 aliphatic carbocycles. The summed E-state index contributed by atoms with van der Waals surface area (Å²) in [5, 5.41) is 0.606. The Morgan fingerprint density at radius 1 is 1.42 bits per heavy atom. The highest BCUT2D eigenvalue weighted by molar-refractivity contribution is 8.00. The summed E-state index contributed by atoms with van der Waals surface area (Å²) < 4.78 is 28.8. The van der Waals surface area contributed by atoms with Crippen LogP contribution in [-0.2, 0) is 6.54 Å². The fourth-order valence-corrected chi connectivity index (χ4v) is 3.44. The minimum atomic E-state index is -2.76. The van der Waals surface area contributed by atoms with Crippen molar-refractivity contribution in [2.24, 2.45) is 0 Å². The highest BCUT2D eigenvalue weighted by Crippen LogP contribution is 2.26. The monoisotopic (exact) mass is 287 g/mol. The molecule has 106 valence electrons. The largest absolute Gasteiger partial charge is 0.435 e. The molecule has 0 spiro atoms. The van der Waals surface area contributed by atoms with Gasteiger partial charge in [-0.1, -0.05) is 19.1 Å². The van der Waals surface area contributed by atoms with E-state index in [4.69, 9.17) is 0 Å². The third-order valence-electron chi connectivity index (χ3n) is 3.52. The van der Waals surface area contributed by atoms with Crippen LogP contribution in [0.25, 0.3) is 0 Å². The van der Waals surface area contributed by atoms with E-state index in [-0.39, 0.29) is 5.75 Å². The maximum atomic E-state index is 12.2. The summed E-state index contributed by atoms with van der Waals surface area (Å²) in [5.41, 5.74) is 1.02. The lowest BCUT2D eigenvalue weighted by atomic mass is 10.1. The molecule has 1 aromatic rings. The maximum absolute atomic E-state index is 12.2. The second kappa shape index (κ2) is 6.57. The zero-order valence-electron chi connectivity index (χ0n) is 11.2. The molecule has 2 nitrogen and oxygen atoms in total. The predicted molar refractivity (Wildman–Crippen MR) is 74.9 cm³/mol. The molecule has 1 saturated heterocycles. The number of thioether (sulfide) groups is 1. The van der Waals surface area contributed by atoms with Crippen molar-refractivity contribution in [3.05, 3.63) is 29.8 Å². The van der Waals surface area contributed by atoms with Crippen LogP contribution in [0.3, 0.4) is 0 Å². The van der Waals surface area contributed by atoms with Gasteiger partial charge in [-0.3, -0.25) is 4.90 Å². The Bertz CT molecular complexity index is 416. The summed E-state index contributed by atoms with van der Waals surface area (Å²) >= 11 is 1.99. The van der Waals surface area contributed by atoms with Gasteiger partial charge < -0.3 is 4.74 Å². The van der Waals surface area contributed by atoms with Crippen LogP contribution in [0.2, 0.25) is 0 Å². The number of hydrogen-bond donors (Lipinski definition) is 0. The Balaban J connectivity index is 2.02. The van der Waals surface area contributed by atoms with Crippen molar-refractivity contribution >= 4 is 11.8 Å². The van der Waals surface area contributed by atoms with Crippen LogP contribution >= 0.6 is 11.8 Å². The first-order valence-corrected chi connectivity index (χ1v) is 7.50. The molecule has 0 radical (unpaired) electrons. The summed E-state index contributed by atoms with van der Waals surface area (Å²) in [7, 11) is 0. The zero-order chi connectivity index (χ0) is 13.8. The molecule has 0 amide bonds. The number of ether oxygens (including phenoxy) is 1. The van der Waals surface area contributed by atoms with E-state index in [2.05, 4.69) is 23.5 Å². The Hall–Kier alpha value is -0.810. The Morgan fingerprint density at radius 3 is 2.95 bits per heavy atom. The van der Waals surface area contributed by atoms with E-state index in [9.17, 15) is 8.78 Å². The lowest BCUT2D eigenvalue weighted by Crippen LogP contribution is -2.43. The fourth-order valence-electron chi connectivity index (χ4n) is 2.27. The van der Waals surface area contributed by atoms with E-state index >= 15 is 0 Å². The first-order chi connectivity index (χ1) is 9.06. The van der Waals surface area contributed by atoms with E-state index in [0.29, 0.717) is 11.3 Å².